The number of fused-ring (bicyclic) bond motifs is 9. The summed E-state index contributed by atoms with van der Waals surface area (Å²) in [6.45, 7) is 9.29. The second-order valence-corrected chi connectivity index (χ2v) is 14.1. The molecular formula is C46H41NO. The van der Waals surface area contributed by atoms with Crippen molar-refractivity contribution in [3.8, 4) is 11.1 Å². The summed E-state index contributed by atoms with van der Waals surface area (Å²) in [6.07, 6.45) is 11.0. The van der Waals surface area contributed by atoms with E-state index < -0.39 is 0 Å². The van der Waals surface area contributed by atoms with Crippen LogP contribution in [0.2, 0.25) is 0 Å². The Labute approximate surface area is 284 Å². The van der Waals surface area contributed by atoms with Gasteiger partial charge >= 0.3 is 0 Å². The number of nitrogens with zero attached hydrogens (tertiary/aromatic N) is 1. The van der Waals surface area contributed by atoms with Gasteiger partial charge in [-0.05, 0) is 122 Å². The fourth-order valence-electron chi connectivity index (χ4n) is 8.23. The highest BCUT2D eigenvalue weighted by atomic mass is 16.1. The predicted octanol–water partition coefficient (Wildman–Crippen LogP) is 11.3. The maximum absolute atomic E-state index is 10.9. The standard InChI is InChI=1S/C28H25NO.C18H16/c1-19(18-30)15-20-10-13-27-21(16-20)7-6-14-29(27)22-11-12-24-23-8-4-5-9-25(23)28(2,3)26(24)17-22;1-3-7-15-13(5-1)9-11-18-16-8-4-2-6-14(16)10-12-17(15)18/h4-13,16-18H,1,14-15H2,2-3H3;1,3,5,7,9-12H,2,4,6,8H2. The number of rotatable bonds is 4. The van der Waals surface area contributed by atoms with E-state index in [9.17, 15) is 4.79 Å². The van der Waals surface area contributed by atoms with Crippen molar-refractivity contribution in [3.63, 3.8) is 0 Å². The van der Waals surface area contributed by atoms with E-state index in [1.807, 2.05) is 0 Å². The number of aldehydes is 1. The van der Waals surface area contributed by atoms with Crippen molar-refractivity contribution in [3.05, 3.63) is 161 Å². The Kier molecular flexibility index (Phi) is 7.60. The summed E-state index contributed by atoms with van der Waals surface area (Å²) in [7, 11) is 0. The molecule has 0 atom stereocenters. The molecule has 0 bridgehead atoms. The number of carbonyl (C=O) groups is 1. The Morgan fingerprint density at radius 2 is 1.56 bits per heavy atom. The molecule has 0 saturated heterocycles. The van der Waals surface area contributed by atoms with Crippen molar-refractivity contribution < 1.29 is 4.79 Å². The number of aryl methyl sites for hydroxylation is 2. The molecule has 0 radical (unpaired) electrons. The first-order chi connectivity index (χ1) is 23.4. The van der Waals surface area contributed by atoms with Gasteiger partial charge in [0, 0.05) is 29.8 Å². The largest absolute Gasteiger partial charge is 0.337 e. The molecule has 48 heavy (non-hydrogen) atoms. The van der Waals surface area contributed by atoms with Gasteiger partial charge in [-0.2, -0.15) is 0 Å². The second-order valence-electron chi connectivity index (χ2n) is 14.1. The lowest BCUT2D eigenvalue weighted by Crippen LogP contribution is -2.21. The van der Waals surface area contributed by atoms with Gasteiger partial charge in [0.15, 0.2) is 0 Å². The zero-order valence-electron chi connectivity index (χ0n) is 27.9. The fourth-order valence-corrected chi connectivity index (χ4v) is 8.23. The smallest absolute Gasteiger partial charge is 0.145 e. The van der Waals surface area contributed by atoms with Crippen molar-refractivity contribution in [2.45, 2.75) is 51.4 Å². The molecule has 2 nitrogen and oxygen atoms in total. The van der Waals surface area contributed by atoms with Crippen molar-refractivity contribution in [2.24, 2.45) is 0 Å². The summed E-state index contributed by atoms with van der Waals surface area (Å²) in [6, 6.07) is 40.0. The van der Waals surface area contributed by atoms with E-state index >= 15 is 0 Å². The molecule has 0 unspecified atom stereocenters. The molecule has 0 N–H and O–H groups in total. The molecule has 0 saturated carbocycles. The van der Waals surface area contributed by atoms with Gasteiger partial charge in [-0.1, -0.05) is 118 Å². The summed E-state index contributed by atoms with van der Waals surface area (Å²) in [5.74, 6) is 0. The van der Waals surface area contributed by atoms with Crippen molar-refractivity contribution in [2.75, 3.05) is 11.4 Å². The van der Waals surface area contributed by atoms with E-state index in [0.29, 0.717) is 12.0 Å². The molecule has 1 heterocycles. The van der Waals surface area contributed by atoms with Crippen molar-refractivity contribution >= 4 is 45.3 Å². The van der Waals surface area contributed by atoms with Crippen LogP contribution in [0.15, 0.2) is 127 Å². The molecule has 236 valence electrons. The third-order valence-corrected chi connectivity index (χ3v) is 10.7. The molecule has 9 rings (SSSR count). The van der Waals surface area contributed by atoms with Crippen molar-refractivity contribution in [1.82, 2.24) is 0 Å². The lowest BCUT2D eigenvalue weighted by Gasteiger charge is -2.30. The normalized spacial score (nSPS) is 15.2. The van der Waals surface area contributed by atoms with Crippen LogP contribution in [-0.2, 0) is 29.5 Å². The highest BCUT2D eigenvalue weighted by Crippen LogP contribution is 2.50. The summed E-state index contributed by atoms with van der Waals surface area (Å²) in [5.41, 5.74) is 14.0. The Morgan fingerprint density at radius 3 is 2.46 bits per heavy atom. The molecule has 1 aliphatic heterocycles. The SMILES string of the molecule is C=C(C=O)Cc1ccc2c(c1)C=CCN2c1ccc2c(c1)C(C)(C)c1ccccc1-2.c1ccc2c(c1)ccc1c3c(ccc12)CCCC3. The molecule has 2 heteroatoms. The van der Waals surface area contributed by atoms with E-state index in [1.165, 1.54) is 86.4 Å². The number of benzene rings is 6. The van der Waals surface area contributed by atoms with Crippen LogP contribution in [0.4, 0.5) is 11.4 Å². The molecule has 3 aliphatic rings. The van der Waals surface area contributed by atoms with Crippen LogP contribution < -0.4 is 4.90 Å². The molecule has 6 aromatic rings. The maximum atomic E-state index is 10.9. The molecule has 0 spiro atoms. The summed E-state index contributed by atoms with van der Waals surface area (Å²) >= 11 is 0. The zero-order chi connectivity index (χ0) is 32.8. The second kappa shape index (κ2) is 12.1. The molecule has 6 aromatic carbocycles. The van der Waals surface area contributed by atoms with E-state index in [4.69, 9.17) is 0 Å². The molecular weight excluding hydrogens is 583 g/mol. The van der Waals surface area contributed by atoms with Gasteiger partial charge in [0.2, 0.25) is 0 Å². The minimum atomic E-state index is -0.00452. The summed E-state index contributed by atoms with van der Waals surface area (Å²) in [4.78, 5) is 13.3. The number of hydrogen-bond acceptors (Lipinski definition) is 2. The topological polar surface area (TPSA) is 20.3 Å². The highest BCUT2D eigenvalue weighted by molar-refractivity contribution is 6.08. The van der Waals surface area contributed by atoms with Gasteiger partial charge in [-0.15, -0.1) is 0 Å². The van der Waals surface area contributed by atoms with E-state index in [2.05, 4.69) is 147 Å². The lowest BCUT2D eigenvalue weighted by molar-refractivity contribution is -0.104. The Balaban J connectivity index is 0.000000158. The average Bonchev–Trinajstić information content (AvgIpc) is 3.36. The van der Waals surface area contributed by atoms with Crippen LogP contribution in [0, 0.1) is 0 Å². The number of hydrogen-bond donors (Lipinski definition) is 0. The quantitative estimate of drug-likeness (QED) is 0.111. The number of carbonyl (C=O) groups excluding carboxylic acids is 1. The zero-order valence-corrected chi connectivity index (χ0v) is 27.9. The molecule has 0 amide bonds. The van der Waals surface area contributed by atoms with Gasteiger partial charge in [-0.25, -0.2) is 0 Å². The van der Waals surface area contributed by atoms with Crippen LogP contribution in [0.3, 0.4) is 0 Å². The molecule has 2 aliphatic carbocycles. The Hall–Kier alpha value is -5.21. The van der Waals surface area contributed by atoms with Crippen LogP contribution in [0.25, 0.3) is 38.7 Å². The van der Waals surface area contributed by atoms with Crippen LogP contribution in [0.5, 0.6) is 0 Å². The van der Waals surface area contributed by atoms with E-state index in [1.54, 1.807) is 11.1 Å². The Bertz CT molecular complexity index is 2270. The highest BCUT2D eigenvalue weighted by Gasteiger charge is 2.35. The summed E-state index contributed by atoms with van der Waals surface area (Å²) < 4.78 is 0. The first kappa shape index (κ1) is 30.1. The predicted molar refractivity (Wildman–Crippen MR) is 203 cm³/mol. The lowest BCUT2D eigenvalue weighted by atomic mass is 9.82. The third-order valence-electron chi connectivity index (χ3n) is 10.7. The Morgan fingerprint density at radius 1 is 0.771 bits per heavy atom. The minimum absolute atomic E-state index is 0.00452. The van der Waals surface area contributed by atoms with Crippen LogP contribution in [-0.4, -0.2) is 12.8 Å². The third kappa shape index (κ3) is 5.17. The molecule has 0 aromatic heterocycles. The number of allylic oxidation sites excluding steroid dienone is 1. The maximum Gasteiger partial charge on any atom is 0.145 e. The van der Waals surface area contributed by atoms with Gasteiger partial charge in [-0.3, -0.25) is 4.79 Å². The monoisotopic (exact) mass is 623 g/mol. The van der Waals surface area contributed by atoms with Crippen molar-refractivity contribution in [1.29, 1.82) is 0 Å². The number of anilines is 2. The van der Waals surface area contributed by atoms with Gasteiger partial charge in [0.1, 0.15) is 6.29 Å². The van der Waals surface area contributed by atoms with Gasteiger partial charge in [0.25, 0.3) is 0 Å². The van der Waals surface area contributed by atoms with Crippen LogP contribution in [0.1, 0.15) is 60.1 Å². The average molecular weight is 624 g/mol. The first-order valence-corrected chi connectivity index (χ1v) is 17.3. The summed E-state index contributed by atoms with van der Waals surface area (Å²) in [5, 5.41) is 5.64. The van der Waals surface area contributed by atoms with Gasteiger partial charge in [0.05, 0.1) is 0 Å². The minimum Gasteiger partial charge on any atom is -0.337 e. The van der Waals surface area contributed by atoms with E-state index in [-0.39, 0.29) is 5.41 Å². The van der Waals surface area contributed by atoms with E-state index in [0.717, 1.165) is 18.4 Å². The fraction of sp³-hybridized carbons (Fsp3) is 0.196. The van der Waals surface area contributed by atoms with Crippen LogP contribution >= 0.6 is 0 Å². The first-order valence-electron chi connectivity index (χ1n) is 17.3. The van der Waals surface area contributed by atoms with Gasteiger partial charge < -0.3 is 4.90 Å². The molecule has 0 fully saturated rings.